The molecular formula is C9H21NO2. The van der Waals surface area contributed by atoms with E-state index in [9.17, 15) is 5.11 Å². The summed E-state index contributed by atoms with van der Waals surface area (Å²) in [6, 6.07) is 0. The van der Waals surface area contributed by atoms with Gasteiger partial charge in [-0.15, -0.1) is 0 Å². The van der Waals surface area contributed by atoms with Gasteiger partial charge >= 0.3 is 0 Å². The van der Waals surface area contributed by atoms with Crippen LogP contribution in [-0.4, -0.2) is 49.0 Å². The van der Waals surface area contributed by atoms with Crippen molar-refractivity contribution in [1.29, 1.82) is 0 Å². The molecule has 0 bridgehead atoms. The van der Waals surface area contributed by atoms with Crippen molar-refractivity contribution in [3.8, 4) is 0 Å². The molecule has 0 heterocycles. The first-order valence-corrected chi connectivity index (χ1v) is 4.28. The van der Waals surface area contributed by atoms with E-state index >= 15 is 0 Å². The van der Waals surface area contributed by atoms with Crippen molar-refractivity contribution < 1.29 is 9.84 Å². The normalized spacial score (nSPS) is 15.2. The molecule has 1 unspecified atom stereocenters. The summed E-state index contributed by atoms with van der Waals surface area (Å²) >= 11 is 0. The molecule has 0 aromatic heterocycles. The highest BCUT2D eigenvalue weighted by atomic mass is 16.5. The molecule has 12 heavy (non-hydrogen) atoms. The van der Waals surface area contributed by atoms with Gasteiger partial charge < -0.3 is 14.7 Å². The topological polar surface area (TPSA) is 32.7 Å². The molecule has 0 aromatic rings. The van der Waals surface area contributed by atoms with Crippen molar-refractivity contribution in [2.75, 3.05) is 27.2 Å². The second kappa shape index (κ2) is 4.80. The number of hydrogen-bond donors (Lipinski definition) is 1. The second-order valence-corrected chi connectivity index (χ2v) is 4.34. The van der Waals surface area contributed by atoms with Crippen molar-refractivity contribution >= 4 is 0 Å². The van der Waals surface area contributed by atoms with Crippen LogP contribution in [0.3, 0.4) is 0 Å². The summed E-state index contributed by atoms with van der Waals surface area (Å²) in [6.07, 6.45) is -0.390. The van der Waals surface area contributed by atoms with Crippen LogP contribution in [-0.2, 0) is 4.74 Å². The number of likely N-dealkylation sites (N-methyl/N-ethyl adjacent to an activating group) is 1. The third-order valence-corrected chi connectivity index (χ3v) is 1.28. The molecule has 0 aliphatic heterocycles. The van der Waals surface area contributed by atoms with Crippen molar-refractivity contribution in [1.82, 2.24) is 4.90 Å². The Morgan fingerprint density at radius 2 is 1.83 bits per heavy atom. The van der Waals surface area contributed by atoms with Gasteiger partial charge in [-0.25, -0.2) is 0 Å². The molecular weight excluding hydrogens is 154 g/mol. The molecule has 0 fully saturated rings. The summed E-state index contributed by atoms with van der Waals surface area (Å²) in [6.45, 7) is 7.00. The first kappa shape index (κ1) is 11.9. The van der Waals surface area contributed by atoms with Crippen LogP contribution in [0.2, 0.25) is 0 Å². The molecule has 0 rings (SSSR count). The fourth-order valence-electron chi connectivity index (χ4n) is 0.820. The highest BCUT2D eigenvalue weighted by Gasteiger charge is 2.13. The Balaban J connectivity index is 3.51. The van der Waals surface area contributed by atoms with Gasteiger partial charge in [0.15, 0.2) is 0 Å². The lowest BCUT2D eigenvalue weighted by atomic mass is 10.2. The Labute approximate surface area is 75.3 Å². The minimum Gasteiger partial charge on any atom is -0.389 e. The van der Waals surface area contributed by atoms with Gasteiger partial charge in [-0.3, -0.25) is 0 Å². The highest BCUT2D eigenvalue weighted by Crippen LogP contribution is 2.06. The molecule has 1 atom stereocenters. The van der Waals surface area contributed by atoms with Crippen LogP contribution in [0.25, 0.3) is 0 Å². The zero-order chi connectivity index (χ0) is 9.78. The average molecular weight is 175 g/mol. The maximum atomic E-state index is 9.42. The van der Waals surface area contributed by atoms with Crippen LogP contribution >= 0.6 is 0 Å². The smallest absolute Gasteiger partial charge is 0.0900 e. The lowest BCUT2D eigenvalue weighted by Crippen LogP contribution is -2.33. The predicted molar refractivity (Wildman–Crippen MR) is 50.3 cm³/mol. The molecule has 0 radical (unpaired) electrons. The van der Waals surface area contributed by atoms with Crippen LogP contribution in [0, 0.1) is 0 Å². The molecule has 3 nitrogen and oxygen atoms in total. The minimum atomic E-state index is -0.390. The van der Waals surface area contributed by atoms with Crippen LogP contribution in [0.1, 0.15) is 20.8 Å². The Hall–Kier alpha value is -0.120. The second-order valence-electron chi connectivity index (χ2n) is 4.34. The van der Waals surface area contributed by atoms with Gasteiger partial charge in [0.1, 0.15) is 0 Å². The number of aliphatic hydroxyl groups is 1. The van der Waals surface area contributed by atoms with Gasteiger partial charge in [-0.1, -0.05) is 0 Å². The molecule has 0 spiro atoms. The van der Waals surface area contributed by atoms with E-state index in [2.05, 4.69) is 0 Å². The lowest BCUT2D eigenvalue weighted by molar-refractivity contribution is -0.0533. The summed E-state index contributed by atoms with van der Waals surface area (Å²) < 4.78 is 5.42. The van der Waals surface area contributed by atoms with Crippen molar-refractivity contribution in [2.45, 2.75) is 32.5 Å². The Kier molecular flexibility index (Phi) is 4.75. The van der Waals surface area contributed by atoms with E-state index in [-0.39, 0.29) is 11.7 Å². The number of aliphatic hydroxyl groups excluding tert-OH is 1. The Morgan fingerprint density at radius 1 is 1.33 bits per heavy atom. The number of ether oxygens (including phenoxy) is 1. The molecule has 1 N–H and O–H groups in total. The highest BCUT2D eigenvalue weighted by molar-refractivity contribution is 4.63. The molecule has 0 aromatic carbocycles. The molecule has 0 amide bonds. The van der Waals surface area contributed by atoms with E-state index in [1.165, 1.54) is 0 Å². The van der Waals surface area contributed by atoms with Crippen LogP contribution in [0.4, 0.5) is 0 Å². The summed E-state index contributed by atoms with van der Waals surface area (Å²) in [4.78, 5) is 1.94. The van der Waals surface area contributed by atoms with E-state index in [0.717, 1.165) is 0 Å². The molecule has 0 aliphatic rings. The lowest BCUT2D eigenvalue weighted by Gasteiger charge is -2.23. The van der Waals surface area contributed by atoms with E-state index < -0.39 is 0 Å². The van der Waals surface area contributed by atoms with Crippen molar-refractivity contribution in [2.24, 2.45) is 0 Å². The average Bonchev–Trinajstić information content (AvgIpc) is 1.80. The summed E-state index contributed by atoms with van der Waals surface area (Å²) in [5.41, 5.74) is -0.159. The fraction of sp³-hybridized carbons (Fsp3) is 1.00. The molecule has 0 aliphatic carbocycles. The van der Waals surface area contributed by atoms with Gasteiger partial charge in [-0.05, 0) is 34.9 Å². The third kappa shape index (κ3) is 7.98. The maximum absolute atomic E-state index is 9.42. The number of rotatable bonds is 4. The first-order chi connectivity index (χ1) is 5.31. The van der Waals surface area contributed by atoms with Crippen LogP contribution in [0.5, 0.6) is 0 Å². The van der Waals surface area contributed by atoms with E-state index in [4.69, 9.17) is 4.74 Å². The fourth-order valence-corrected chi connectivity index (χ4v) is 0.820. The van der Waals surface area contributed by atoms with Crippen LogP contribution < -0.4 is 0 Å². The first-order valence-electron chi connectivity index (χ1n) is 4.28. The molecule has 0 saturated carbocycles. The zero-order valence-electron chi connectivity index (χ0n) is 8.79. The van der Waals surface area contributed by atoms with Gasteiger partial charge in [0, 0.05) is 6.54 Å². The summed E-state index contributed by atoms with van der Waals surface area (Å²) in [7, 11) is 3.86. The summed E-state index contributed by atoms with van der Waals surface area (Å²) in [5, 5.41) is 9.42. The number of nitrogens with zero attached hydrogens (tertiary/aromatic N) is 1. The third-order valence-electron chi connectivity index (χ3n) is 1.28. The number of hydrogen-bond acceptors (Lipinski definition) is 3. The Morgan fingerprint density at radius 3 is 2.17 bits per heavy atom. The summed E-state index contributed by atoms with van der Waals surface area (Å²) in [5.74, 6) is 0. The Bertz CT molecular complexity index is 118. The van der Waals surface area contributed by atoms with Gasteiger partial charge in [0.2, 0.25) is 0 Å². The molecule has 0 saturated heterocycles. The van der Waals surface area contributed by atoms with Gasteiger partial charge in [-0.2, -0.15) is 0 Å². The SMILES string of the molecule is CN(C)CC(O)COC(C)(C)C. The monoisotopic (exact) mass is 175 g/mol. The van der Waals surface area contributed by atoms with E-state index in [0.29, 0.717) is 13.2 Å². The minimum absolute atomic E-state index is 0.159. The predicted octanol–water partition coefficient (Wildman–Crippen LogP) is 0.724. The van der Waals surface area contributed by atoms with Gasteiger partial charge in [0.25, 0.3) is 0 Å². The standard InChI is InChI=1S/C9H21NO2/c1-9(2,3)12-7-8(11)6-10(4)5/h8,11H,6-7H2,1-5H3. The van der Waals surface area contributed by atoms with Crippen molar-refractivity contribution in [3.05, 3.63) is 0 Å². The van der Waals surface area contributed by atoms with E-state index in [1.54, 1.807) is 0 Å². The largest absolute Gasteiger partial charge is 0.389 e. The van der Waals surface area contributed by atoms with Crippen LogP contribution in [0.15, 0.2) is 0 Å². The molecule has 3 heteroatoms. The van der Waals surface area contributed by atoms with Gasteiger partial charge in [0.05, 0.1) is 18.3 Å². The molecule has 74 valence electrons. The maximum Gasteiger partial charge on any atom is 0.0900 e. The quantitative estimate of drug-likeness (QED) is 0.683. The zero-order valence-corrected chi connectivity index (χ0v) is 8.79. The van der Waals surface area contributed by atoms with E-state index in [1.807, 2.05) is 39.8 Å². The van der Waals surface area contributed by atoms with Crippen molar-refractivity contribution in [3.63, 3.8) is 0 Å².